The lowest BCUT2D eigenvalue weighted by Crippen LogP contribution is -2.13. The molecule has 1 aliphatic carbocycles. The molecule has 9 heavy (non-hydrogen) atoms. The van der Waals surface area contributed by atoms with Gasteiger partial charge in [0.15, 0.2) is 0 Å². The van der Waals surface area contributed by atoms with Gasteiger partial charge in [0.1, 0.15) is 6.29 Å². The summed E-state index contributed by atoms with van der Waals surface area (Å²) in [6.07, 6.45) is 5.96. The fraction of sp³-hybridized carbons (Fsp3) is 0.875. The van der Waals surface area contributed by atoms with Crippen molar-refractivity contribution in [3.63, 3.8) is 0 Å². The summed E-state index contributed by atoms with van der Waals surface area (Å²) in [6, 6.07) is 0. The van der Waals surface area contributed by atoms with Crippen molar-refractivity contribution < 1.29 is 4.79 Å². The van der Waals surface area contributed by atoms with Crippen molar-refractivity contribution in [1.82, 2.24) is 0 Å². The number of carbonyl (C=O) groups is 1. The normalized spacial score (nSPS) is 36.1. The molecule has 0 aromatic heterocycles. The molecule has 0 bridgehead atoms. The number of hydrogen-bond donors (Lipinski definition) is 0. The monoisotopic (exact) mass is 126 g/mol. The van der Waals surface area contributed by atoms with Gasteiger partial charge in [-0.05, 0) is 18.8 Å². The van der Waals surface area contributed by atoms with E-state index >= 15 is 0 Å². The van der Waals surface area contributed by atoms with Gasteiger partial charge < -0.3 is 4.79 Å². The zero-order valence-electron chi connectivity index (χ0n) is 5.97. The molecule has 0 aliphatic heterocycles. The summed E-state index contributed by atoms with van der Waals surface area (Å²) >= 11 is 0. The lowest BCUT2D eigenvalue weighted by Gasteiger charge is -2.21. The summed E-state index contributed by atoms with van der Waals surface area (Å²) in [4.78, 5) is 10.3. The molecule has 1 heteroatoms. The number of rotatable bonds is 1. The Bertz CT molecular complexity index is 98.7. The van der Waals surface area contributed by atoms with Crippen molar-refractivity contribution in [2.45, 2.75) is 32.6 Å². The zero-order chi connectivity index (χ0) is 6.69. The highest BCUT2D eigenvalue weighted by Gasteiger charge is 2.17. The summed E-state index contributed by atoms with van der Waals surface area (Å²) in [5.74, 6) is 1.17. The van der Waals surface area contributed by atoms with E-state index in [2.05, 4.69) is 6.92 Å². The van der Waals surface area contributed by atoms with Gasteiger partial charge in [0, 0.05) is 5.92 Å². The van der Waals surface area contributed by atoms with Gasteiger partial charge in [-0.25, -0.2) is 0 Å². The maximum atomic E-state index is 10.3. The number of aldehydes is 1. The molecule has 0 unspecified atom stereocenters. The predicted octanol–water partition coefficient (Wildman–Crippen LogP) is 2.01. The maximum Gasteiger partial charge on any atom is 0.123 e. The van der Waals surface area contributed by atoms with E-state index in [0.29, 0.717) is 5.92 Å². The van der Waals surface area contributed by atoms with Gasteiger partial charge in [-0.3, -0.25) is 0 Å². The van der Waals surface area contributed by atoms with Crippen LogP contribution in [0.1, 0.15) is 32.6 Å². The van der Waals surface area contributed by atoms with Crippen molar-refractivity contribution in [1.29, 1.82) is 0 Å². The third-order valence-electron chi connectivity index (χ3n) is 2.17. The lowest BCUT2D eigenvalue weighted by atomic mass is 9.83. The Kier molecular flexibility index (Phi) is 2.26. The highest BCUT2D eigenvalue weighted by molar-refractivity contribution is 5.53. The summed E-state index contributed by atoms with van der Waals surface area (Å²) in [6.45, 7) is 2.23. The molecule has 2 atom stereocenters. The summed E-state index contributed by atoms with van der Waals surface area (Å²) in [5, 5.41) is 0. The zero-order valence-corrected chi connectivity index (χ0v) is 5.97. The molecule has 0 N–H and O–H groups in total. The van der Waals surface area contributed by atoms with E-state index in [4.69, 9.17) is 0 Å². The first-order valence-electron chi connectivity index (χ1n) is 3.78. The van der Waals surface area contributed by atoms with Crippen molar-refractivity contribution in [3.8, 4) is 0 Å². The molecule has 1 rings (SSSR count). The molecule has 1 fully saturated rings. The predicted molar refractivity (Wildman–Crippen MR) is 37.2 cm³/mol. The van der Waals surface area contributed by atoms with Crippen LogP contribution in [0.2, 0.25) is 0 Å². The van der Waals surface area contributed by atoms with Crippen LogP contribution in [0.25, 0.3) is 0 Å². The second-order valence-corrected chi connectivity index (χ2v) is 3.17. The van der Waals surface area contributed by atoms with Crippen LogP contribution in [0.15, 0.2) is 0 Å². The average Bonchev–Trinajstić information content (AvgIpc) is 1.88. The van der Waals surface area contributed by atoms with E-state index in [1.54, 1.807) is 0 Å². The Balaban J connectivity index is 2.31. The van der Waals surface area contributed by atoms with Crippen molar-refractivity contribution >= 4 is 6.29 Å². The minimum Gasteiger partial charge on any atom is -0.303 e. The molecule has 0 aromatic rings. The van der Waals surface area contributed by atoms with Crippen LogP contribution in [-0.4, -0.2) is 6.29 Å². The van der Waals surface area contributed by atoms with E-state index in [1.807, 2.05) is 0 Å². The molecular weight excluding hydrogens is 112 g/mol. The fourth-order valence-corrected chi connectivity index (χ4v) is 1.60. The largest absolute Gasteiger partial charge is 0.303 e. The highest BCUT2D eigenvalue weighted by atomic mass is 16.1. The third-order valence-corrected chi connectivity index (χ3v) is 2.17. The minimum atomic E-state index is 0.383. The Morgan fingerprint density at radius 1 is 1.44 bits per heavy atom. The van der Waals surface area contributed by atoms with E-state index in [-0.39, 0.29) is 0 Å². The topological polar surface area (TPSA) is 17.1 Å². The molecule has 0 amide bonds. The van der Waals surface area contributed by atoms with Crippen LogP contribution in [-0.2, 0) is 4.79 Å². The van der Waals surface area contributed by atoms with Gasteiger partial charge in [0.05, 0.1) is 0 Å². The summed E-state index contributed by atoms with van der Waals surface area (Å²) in [5.41, 5.74) is 0. The van der Waals surface area contributed by atoms with Gasteiger partial charge in [-0.15, -0.1) is 0 Å². The standard InChI is InChI=1S/C8H14O/c1-7-3-2-4-8(5-7)6-9/h6-8H,2-5H2,1H3/t7-,8+/m1/s1. The van der Waals surface area contributed by atoms with Gasteiger partial charge in [-0.2, -0.15) is 0 Å². The molecule has 1 aliphatic rings. The first kappa shape index (κ1) is 6.79. The quantitative estimate of drug-likeness (QED) is 0.491. The third kappa shape index (κ3) is 1.81. The second-order valence-electron chi connectivity index (χ2n) is 3.17. The Labute approximate surface area is 56.4 Å². The SMILES string of the molecule is C[C@@H]1CCC[C@H](C=O)C1. The van der Waals surface area contributed by atoms with Crippen LogP contribution in [0, 0.1) is 11.8 Å². The van der Waals surface area contributed by atoms with Crippen LogP contribution < -0.4 is 0 Å². The Hall–Kier alpha value is -0.330. The Morgan fingerprint density at radius 3 is 2.67 bits per heavy atom. The molecule has 0 radical (unpaired) electrons. The van der Waals surface area contributed by atoms with Crippen molar-refractivity contribution in [2.75, 3.05) is 0 Å². The van der Waals surface area contributed by atoms with Gasteiger partial charge in [0.25, 0.3) is 0 Å². The molecule has 0 heterocycles. The second kappa shape index (κ2) is 3.00. The molecule has 52 valence electrons. The molecule has 0 saturated heterocycles. The number of hydrogen-bond acceptors (Lipinski definition) is 1. The van der Waals surface area contributed by atoms with E-state index in [9.17, 15) is 4.79 Å². The molecular formula is C8H14O. The van der Waals surface area contributed by atoms with Crippen LogP contribution in [0.4, 0.5) is 0 Å². The first-order valence-corrected chi connectivity index (χ1v) is 3.78. The van der Waals surface area contributed by atoms with Crippen LogP contribution in [0.5, 0.6) is 0 Å². The van der Waals surface area contributed by atoms with Crippen molar-refractivity contribution in [3.05, 3.63) is 0 Å². The maximum absolute atomic E-state index is 10.3. The van der Waals surface area contributed by atoms with Gasteiger partial charge in [-0.1, -0.05) is 19.8 Å². The average molecular weight is 126 g/mol. The van der Waals surface area contributed by atoms with E-state index < -0.39 is 0 Å². The minimum absolute atomic E-state index is 0.383. The molecule has 1 nitrogen and oxygen atoms in total. The van der Waals surface area contributed by atoms with Crippen LogP contribution in [0.3, 0.4) is 0 Å². The highest BCUT2D eigenvalue weighted by Crippen LogP contribution is 2.26. The Morgan fingerprint density at radius 2 is 2.22 bits per heavy atom. The van der Waals surface area contributed by atoms with Crippen molar-refractivity contribution in [2.24, 2.45) is 11.8 Å². The number of carbonyl (C=O) groups excluding carboxylic acids is 1. The van der Waals surface area contributed by atoms with E-state index in [0.717, 1.165) is 25.0 Å². The van der Waals surface area contributed by atoms with Gasteiger partial charge >= 0.3 is 0 Å². The lowest BCUT2D eigenvalue weighted by molar-refractivity contribution is -0.112. The fourth-order valence-electron chi connectivity index (χ4n) is 1.60. The molecule has 0 spiro atoms. The van der Waals surface area contributed by atoms with E-state index in [1.165, 1.54) is 12.8 Å². The van der Waals surface area contributed by atoms with Gasteiger partial charge in [0.2, 0.25) is 0 Å². The first-order chi connectivity index (χ1) is 4.33. The molecule has 1 saturated carbocycles. The molecule has 0 aromatic carbocycles. The summed E-state index contributed by atoms with van der Waals surface area (Å²) in [7, 11) is 0. The summed E-state index contributed by atoms with van der Waals surface area (Å²) < 4.78 is 0. The van der Waals surface area contributed by atoms with Crippen LogP contribution >= 0.6 is 0 Å². The smallest absolute Gasteiger partial charge is 0.123 e.